The number of hydrogen-bond donors (Lipinski definition) is 0. The molecular formula is C45H28N4O. The first-order valence-electron chi connectivity index (χ1n) is 16.7. The zero-order valence-corrected chi connectivity index (χ0v) is 26.9. The number of fused-ring (bicyclic) bond motifs is 6. The molecule has 0 saturated heterocycles. The summed E-state index contributed by atoms with van der Waals surface area (Å²) in [7, 11) is 0. The zero-order chi connectivity index (χ0) is 33.0. The highest BCUT2D eigenvalue weighted by Crippen LogP contribution is 2.39. The zero-order valence-electron chi connectivity index (χ0n) is 26.9. The molecule has 0 aliphatic carbocycles. The minimum Gasteiger partial charge on any atom is -0.456 e. The molecule has 7 aromatic carbocycles. The Morgan fingerprint density at radius 1 is 0.380 bits per heavy atom. The van der Waals surface area contributed by atoms with Gasteiger partial charge in [-0.2, -0.15) is 0 Å². The Balaban J connectivity index is 1.16. The van der Waals surface area contributed by atoms with Gasteiger partial charge in [0.25, 0.3) is 0 Å². The number of benzene rings is 7. The van der Waals surface area contributed by atoms with E-state index in [9.17, 15) is 0 Å². The van der Waals surface area contributed by atoms with Crippen molar-refractivity contribution in [3.8, 4) is 51.0 Å². The number of aromatic nitrogens is 4. The molecule has 0 spiro atoms. The van der Waals surface area contributed by atoms with Gasteiger partial charge in [-0.3, -0.25) is 0 Å². The molecule has 0 amide bonds. The molecule has 10 aromatic rings. The normalized spacial score (nSPS) is 11.6. The number of furan rings is 1. The van der Waals surface area contributed by atoms with Gasteiger partial charge < -0.3 is 8.98 Å². The SMILES string of the molecule is c1ccc(-c2nc(-c3cccc(-n4c5ccccc5c5c(-c6ccccc6)cccc54)c3)nc(-c3ccc4c(c3)oc3ccccc34)n2)cc1. The maximum Gasteiger partial charge on any atom is 0.164 e. The van der Waals surface area contributed by atoms with Crippen molar-refractivity contribution in [2.75, 3.05) is 0 Å². The average Bonchev–Trinajstić information content (AvgIpc) is 3.74. The van der Waals surface area contributed by atoms with Crippen LogP contribution in [-0.2, 0) is 0 Å². The summed E-state index contributed by atoms with van der Waals surface area (Å²) in [5.41, 5.74) is 10.1. The largest absolute Gasteiger partial charge is 0.456 e. The van der Waals surface area contributed by atoms with E-state index in [-0.39, 0.29) is 0 Å². The first-order valence-corrected chi connectivity index (χ1v) is 16.7. The van der Waals surface area contributed by atoms with Crippen molar-refractivity contribution in [1.29, 1.82) is 0 Å². The van der Waals surface area contributed by atoms with E-state index < -0.39 is 0 Å². The minimum absolute atomic E-state index is 0.589. The fourth-order valence-electron chi connectivity index (χ4n) is 7.16. The first-order chi connectivity index (χ1) is 24.8. The van der Waals surface area contributed by atoms with Crippen LogP contribution in [0.5, 0.6) is 0 Å². The van der Waals surface area contributed by atoms with Gasteiger partial charge in [-0.15, -0.1) is 0 Å². The van der Waals surface area contributed by atoms with Gasteiger partial charge in [0.15, 0.2) is 17.5 Å². The predicted molar refractivity (Wildman–Crippen MR) is 203 cm³/mol. The summed E-state index contributed by atoms with van der Waals surface area (Å²) in [6.07, 6.45) is 0. The molecule has 0 aliphatic rings. The molecule has 0 unspecified atom stereocenters. The molecule has 3 aromatic heterocycles. The van der Waals surface area contributed by atoms with Gasteiger partial charge in [0, 0.05) is 43.9 Å². The van der Waals surface area contributed by atoms with Gasteiger partial charge in [-0.1, -0.05) is 127 Å². The summed E-state index contributed by atoms with van der Waals surface area (Å²) in [6, 6.07) is 58.7. The Labute approximate surface area is 287 Å². The summed E-state index contributed by atoms with van der Waals surface area (Å²) in [4.78, 5) is 15.1. The molecule has 0 radical (unpaired) electrons. The van der Waals surface area contributed by atoms with Gasteiger partial charge in [-0.05, 0) is 53.6 Å². The molecular weight excluding hydrogens is 613 g/mol. The van der Waals surface area contributed by atoms with Crippen molar-refractivity contribution < 1.29 is 4.42 Å². The summed E-state index contributed by atoms with van der Waals surface area (Å²) < 4.78 is 8.58. The highest BCUT2D eigenvalue weighted by Gasteiger charge is 2.18. The molecule has 10 rings (SSSR count). The maximum absolute atomic E-state index is 6.23. The Morgan fingerprint density at radius 3 is 1.76 bits per heavy atom. The molecule has 5 nitrogen and oxygen atoms in total. The smallest absolute Gasteiger partial charge is 0.164 e. The maximum atomic E-state index is 6.23. The van der Waals surface area contributed by atoms with Crippen LogP contribution in [0.15, 0.2) is 174 Å². The molecule has 0 N–H and O–H groups in total. The van der Waals surface area contributed by atoms with E-state index in [4.69, 9.17) is 19.4 Å². The van der Waals surface area contributed by atoms with E-state index >= 15 is 0 Å². The van der Waals surface area contributed by atoms with Crippen LogP contribution in [0.25, 0.3) is 94.7 Å². The van der Waals surface area contributed by atoms with Crippen molar-refractivity contribution >= 4 is 43.7 Å². The van der Waals surface area contributed by atoms with E-state index in [1.807, 2.05) is 54.6 Å². The number of hydrogen-bond acceptors (Lipinski definition) is 4. The number of rotatable bonds is 5. The van der Waals surface area contributed by atoms with Crippen LogP contribution in [-0.4, -0.2) is 19.5 Å². The summed E-state index contributed by atoms with van der Waals surface area (Å²) in [6.45, 7) is 0. The second kappa shape index (κ2) is 11.4. The van der Waals surface area contributed by atoms with E-state index in [1.165, 1.54) is 21.9 Å². The van der Waals surface area contributed by atoms with E-state index in [2.05, 4.69) is 120 Å². The van der Waals surface area contributed by atoms with Crippen LogP contribution >= 0.6 is 0 Å². The molecule has 0 atom stereocenters. The van der Waals surface area contributed by atoms with E-state index in [0.717, 1.165) is 55.3 Å². The van der Waals surface area contributed by atoms with E-state index in [1.54, 1.807) is 0 Å². The lowest BCUT2D eigenvalue weighted by Crippen LogP contribution is -2.01. The third-order valence-corrected chi connectivity index (χ3v) is 9.45. The lowest BCUT2D eigenvalue weighted by Gasteiger charge is -2.12. The Bertz CT molecular complexity index is 2870. The number of nitrogens with zero attached hydrogens (tertiary/aromatic N) is 4. The fourth-order valence-corrected chi connectivity index (χ4v) is 7.16. The van der Waals surface area contributed by atoms with Gasteiger partial charge in [0.05, 0.1) is 11.0 Å². The monoisotopic (exact) mass is 640 g/mol. The van der Waals surface area contributed by atoms with Crippen LogP contribution in [0.3, 0.4) is 0 Å². The summed E-state index contributed by atoms with van der Waals surface area (Å²) >= 11 is 0. The van der Waals surface area contributed by atoms with Crippen LogP contribution in [0.2, 0.25) is 0 Å². The molecule has 3 heterocycles. The van der Waals surface area contributed by atoms with E-state index in [0.29, 0.717) is 17.5 Å². The van der Waals surface area contributed by atoms with Crippen molar-refractivity contribution in [3.05, 3.63) is 170 Å². The van der Waals surface area contributed by atoms with Crippen molar-refractivity contribution in [3.63, 3.8) is 0 Å². The van der Waals surface area contributed by atoms with Crippen LogP contribution in [0.4, 0.5) is 0 Å². The standard InChI is InChI=1S/C45H28N4O/c1-3-13-29(14-4-1)34-21-12-23-39-42(34)37-20-7-9-22-38(37)49(39)33-18-11-17-31(27-33)44-46-43(30-15-5-2-6-16-30)47-45(48-44)32-25-26-36-35-19-8-10-24-40(35)50-41(36)28-32/h1-28H. The Hall–Kier alpha value is -6.85. The molecule has 0 saturated carbocycles. The van der Waals surface area contributed by atoms with Crippen LogP contribution < -0.4 is 0 Å². The molecule has 0 aliphatic heterocycles. The second-order valence-corrected chi connectivity index (χ2v) is 12.5. The minimum atomic E-state index is 0.589. The van der Waals surface area contributed by atoms with Crippen molar-refractivity contribution in [1.82, 2.24) is 19.5 Å². The molecule has 50 heavy (non-hydrogen) atoms. The lowest BCUT2D eigenvalue weighted by atomic mass is 9.99. The lowest BCUT2D eigenvalue weighted by molar-refractivity contribution is 0.669. The van der Waals surface area contributed by atoms with Crippen molar-refractivity contribution in [2.24, 2.45) is 0 Å². The average molecular weight is 641 g/mol. The topological polar surface area (TPSA) is 56.7 Å². The second-order valence-electron chi connectivity index (χ2n) is 12.5. The highest BCUT2D eigenvalue weighted by molar-refractivity contribution is 6.15. The Kier molecular flexibility index (Phi) is 6.42. The van der Waals surface area contributed by atoms with Gasteiger partial charge in [-0.25, -0.2) is 15.0 Å². The predicted octanol–water partition coefficient (Wildman–Crippen LogP) is 11.5. The number of para-hydroxylation sites is 2. The Morgan fingerprint density at radius 2 is 0.960 bits per heavy atom. The summed E-state index contributed by atoms with van der Waals surface area (Å²) in [5.74, 6) is 1.81. The third-order valence-electron chi connectivity index (χ3n) is 9.45. The van der Waals surface area contributed by atoms with Crippen molar-refractivity contribution in [2.45, 2.75) is 0 Å². The molecule has 234 valence electrons. The van der Waals surface area contributed by atoms with Gasteiger partial charge >= 0.3 is 0 Å². The van der Waals surface area contributed by atoms with Crippen LogP contribution in [0.1, 0.15) is 0 Å². The van der Waals surface area contributed by atoms with Gasteiger partial charge in [0.1, 0.15) is 11.2 Å². The fraction of sp³-hybridized carbons (Fsp3) is 0. The first kappa shape index (κ1) is 28.2. The highest BCUT2D eigenvalue weighted by atomic mass is 16.3. The van der Waals surface area contributed by atoms with Crippen LogP contribution in [0, 0.1) is 0 Å². The third kappa shape index (κ3) is 4.60. The summed E-state index contributed by atoms with van der Waals surface area (Å²) in [5, 5.41) is 4.60. The van der Waals surface area contributed by atoms with Gasteiger partial charge in [0.2, 0.25) is 0 Å². The quantitative estimate of drug-likeness (QED) is 0.188. The molecule has 0 fully saturated rings. The molecule has 0 bridgehead atoms. The molecule has 5 heteroatoms.